The van der Waals surface area contributed by atoms with Gasteiger partial charge in [-0.05, 0) is 39.0 Å². The Bertz CT molecular complexity index is 237. The predicted molar refractivity (Wildman–Crippen MR) is 70.4 cm³/mol. The van der Waals surface area contributed by atoms with Gasteiger partial charge < -0.3 is 9.05 Å². The molecule has 0 spiro atoms. The molecule has 2 atom stereocenters. The van der Waals surface area contributed by atoms with Crippen molar-refractivity contribution in [3.8, 4) is 0 Å². The highest BCUT2D eigenvalue weighted by Crippen LogP contribution is 2.51. The molecule has 1 aliphatic rings. The van der Waals surface area contributed by atoms with E-state index in [1.54, 1.807) is 0 Å². The predicted octanol–water partition coefficient (Wildman–Crippen LogP) is 4.21. The van der Waals surface area contributed by atoms with Crippen LogP contribution in [0.15, 0.2) is 0 Å². The van der Waals surface area contributed by atoms with Gasteiger partial charge in [0.25, 0.3) is 0 Å². The Kier molecular flexibility index (Phi) is 6.57. The zero-order chi connectivity index (χ0) is 12.0. The van der Waals surface area contributed by atoms with Crippen LogP contribution in [0, 0.1) is 5.92 Å². The number of hydrogen-bond donors (Lipinski definition) is 0. The summed E-state index contributed by atoms with van der Waals surface area (Å²) in [6, 6.07) is 0. The number of rotatable bonds is 6. The molecule has 0 aromatic heterocycles. The standard InChI is InChI=1S/C11H22BrO3P/c1-3-14-16(13,15-4-2)9-10-6-5-7-11(12)8-10/h10-11H,3-9H2,1-2H3. The third-order valence-electron chi connectivity index (χ3n) is 2.85. The van der Waals surface area contributed by atoms with Crippen LogP contribution in [0.3, 0.4) is 0 Å². The van der Waals surface area contributed by atoms with E-state index in [1.165, 1.54) is 12.8 Å². The summed E-state index contributed by atoms with van der Waals surface area (Å²) < 4.78 is 23.0. The van der Waals surface area contributed by atoms with E-state index in [0.717, 1.165) is 12.8 Å². The third-order valence-corrected chi connectivity index (χ3v) is 5.95. The van der Waals surface area contributed by atoms with Crippen molar-refractivity contribution in [1.82, 2.24) is 0 Å². The monoisotopic (exact) mass is 312 g/mol. The fraction of sp³-hybridized carbons (Fsp3) is 1.00. The molecule has 0 heterocycles. The van der Waals surface area contributed by atoms with E-state index in [-0.39, 0.29) is 0 Å². The zero-order valence-electron chi connectivity index (χ0n) is 10.2. The first-order chi connectivity index (χ1) is 7.59. The van der Waals surface area contributed by atoms with E-state index in [4.69, 9.17) is 9.05 Å². The quantitative estimate of drug-likeness (QED) is 0.544. The van der Waals surface area contributed by atoms with Crippen LogP contribution >= 0.6 is 23.5 Å². The minimum absolute atomic E-state index is 0.460. The molecule has 0 bridgehead atoms. The van der Waals surface area contributed by atoms with Crippen LogP contribution in [0.5, 0.6) is 0 Å². The first kappa shape index (κ1) is 14.7. The first-order valence-electron chi connectivity index (χ1n) is 6.11. The Morgan fingerprint density at radius 1 is 1.25 bits per heavy atom. The van der Waals surface area contributed by atoms with Crippen molar-refractivity contribution in [1.29, 1.82) is 0 Å². The Morgan fingerprint density at radius 3 is 2.38 bits per heavy atom. The van der Waals surface area contributed by atoms with E-state index in [0.29, 0.717) is 30.1 Å². The van der Waals surface area contributed by atoms with Gasteiger partial charge in [0, 0.05) is 4.83 Å². The SMILES string of the molecule is CCOP(=O)(CC1CCCC(Br)C1)OCC. The smallest absolute Gasteiger partial charge is 0.309 e. The van der Waals surface area contributed by atoms with Crippen molar-refractivity contribution in [3.05, 3.63) is 0 Å². The summed E-state index contributed by atoms with van der Waals surface area (Å²) in [4.78, 5) is 0.572. The van der Waals surface area contributed by atoms with Gasteiger partial charge in [0.05, 0.1) is 19.4 Å². The molecule has 2 unspecified atom stereocenters. The lowest BCUT2D eigenvalue weighted by Gasteiger charge is -2.28. The molecule has 1 rings (SSSR count). The maximum absolute atomic E-state index is 12.3. The van der Waals surface area contributed by atoms with Gasteiger partial charge in [-0.2, -0.15) is 0 Å². The van der Waals surface area contributed by atoms with Gasteiger partial charge >= 0.3 is 7.60 Å². The Labute approximate surface area is 107 Å². The highest BCUT2D eigenvalue weighted by atomic mass is 79.9. The second-order valence-corrected chi connectivity index (χ2v) is 7.66. The van der Waals surface area contributed by atoms with Gasteiger partial charge in [0.2, 0.25) is 0 Å². The Hall–Kier alpha value is 0.630. The summed E-state index contributed by atoms with van der Waals surface area (Å²) in [7, 11) is -2.84. The topological polar surface area (TPSA) is 35.5 Å². The highest BCUT2D eigenvalue weighted by molar-refractivity contribution is 9.09. The summed E-state index contributed by atoms with van der Waals surface area (Å²) in [6.07, 6.45) is 5.25. The molecule has 0 aromatic rings. The molecule has 1 fully saturated rings. The molecule has 16 heavy (non-hydrogen) atoms. The maximum Gasteiger partial charge on any atom is 0.330 e. The van der Waals surface area contributed by atoms with Gasteiger partial charge in [-0.1, -0.05) is 22.4 Å². The normalized spacial score (nSPS) is 26.9. The van der Waals surface area contributed by atoms with Crippen LogP contribution in [0.2, 0.25) is 0 Å². The molecule has 1 aliphatic carbocycles. The molecule has 5 heteroatoms. The van der Waals surface area contributed by atoms with Gasteiger partial charge in [-0.25, -0.2) is 0 Å². The second-order valence-electron chi connectivity index (χ2n) is 4.26. The average Bonchev–Trinajstić information content (AvgIpc) is 2.17. The van der Waals surface area contributed by atoms with E-state index in [9.17, 15) is 4.57 Å². The molecule has 96 valence electrons. The molecule has 0 aromatic carbocycles. The van der Waals surface area contributed by atoms with Gasteiger partial charge in [0.15, 0.2) is 0 Å². The van der Waals surface area contributed by atoms with Crippen LogP contribution in [0.4, 0.5) is 0 Å². The molecular weight excluding hydrogens is 291 g/mol. The van der Waals surface area contributed by atoms with Crippen molar-refractivity contribution in [2.45, 2.75) is 44.4 Å². The van der Waals surface area contributed by atoms with Crippen molar-refractivity contribution in [2.24, 2.45) is 5.92 Å². The van der Waals surface area contributed by atoms with Crippen molar-refractivity contribution < 1.29 is 13.6 Å². The zero-order valence-corrected chi connectivity index (χ0v) is 12.6. The number of alkyl halides is 1. The molecule has 3 nitrogen and oxygen atoms in total. The largest absolute Gasteiger partial charge is 0.330 e. The van der Waals surface area contributed by atoms with E-state index >= 15 is 0 Å². The van der Waals surface area contributed by atoms with Crippen LogP contribution < -0.4 is 0 Å². The van der Waals surface area contributed by atoms with E-state index in [1.807, 2.05) is 13.8 Å². The minimum Gasteiger partial charge on any atom is -0.309 e. The molecule has 0 amide bonds. The van der Waals surface area contributed by atoms with Crippen LogP contribution in [0.25, 0.3) is 0 Å². The highest BCUT2D eigenvalue weighted by Gasteiger charge is 2.31. The maximum atomic E-state index is 12.3. The second kappa shape index (κ2) is 7.15. The first-order valence-corrected chi connectivity index (χ1v) is 8.76. The minimum atomic E-state index is -2.84. The number of halogens is 1. The lowest BCUT2D eigenvalue weighted by Crippen LogP contribution is -2.19. The summed E-state index contributed by atoms with van der Waals surface area (Å²) in [5.74, 6) is 0.474. The number of hydrogen-bond acceptors (Lipinski definition) is 3. The molecule has 0 N–H and O–H groups in total. The third kappa shape index (κ3) is 4.87. The van der Waals surface area contributed by atoms with Crippen LogP contribution in [-0.2, 0) is 13.6 Å². The van der Waals surface area contributed by atoms with E-state index in [2.05, 4.69) is 15.9 Å². The lowest BCUT2D eigenvalue weighted by molar-refractivity contribution is 0.212. The van der Waals surface area contributed by atoms with Crippen molar-refractivity contribution in [2.75, 3.05) is 19.4 Å². The lowest BCUT2D eigenvalue weighted by atomic mass is 9.91. The van der Waals surface area contributed by atoms with Crippen molar-refractivity contribution >= 4 is 23.5 Å². The summed E-state index contributed by atoms with van der Waals surface area (Å²) >= 11 is 3.64. The van der Waals surface area contributed by atoms with Crippen LogP contribution in [0.1, 0.15) is 39.5 Å². The Morgan fingerprint density at radius 2 is 1.88 bits per heavy atom. The molecular formula is C11H22BrO3P. The fourth-order valence-corrected chi connectivity index (χ4v) is 5.13. The van der Waals surface area contributed by atoms with Gasteiger partial charge in [-0.15, -0.1) is 0 Å². The summed E-state index contributed by atoms with van der Waals surface area (Å²) in [6.45, 7) is 4.64. The summed E-state index contributed by atoms with van der Waals surface area (Å²) in [5.41, 5.74) is 0. The molecule has 0 radical (unpaired) electrons. The van der Waals surface area contributed by atoms with Crippen molar-refractivity contribution in [3.63, 3.8) is 0 Å². The van der Waals surface area contributed by atoms with Gasteiger partial charge in [0.1, 0.15) is 0 Å². The van der Waals surface area contributed by atoms with Gasteiger partial charge in [-0.3, -0.25) is 4.57 Å². The average molecular weight is 313 g/mol. The molecule has 0 saturated heterocycles. The van der Waals surface area contributed by atoms with E-state index < -0.39 is 7.60 Å². The summed E-state index contributed by atoms with van der Waals surface area (Å²) in [5, 5.41) is 0. The Balaban J connectivity index is 2.50. The molecule has 1 saturated carbocycles. The molecule has 0 aliphatic heterocycles. The fourth-order valence-electron chi connectivity index (χ4n) is 2.24. The van der Waals surface area contributed by atoms with Crippen LogP contribution in [-0.4, -0.2) is 24.2 Å².